The zero-order chi connectivity index (χ0) is 18.2. The Hall–Kier alpha value is -1.76. The van der Waals surface area contributed by atoms with Crippen molar-refractivity contribution in [3.05, 3.63) is 65.7 Å². The van der Waals surface area contributed by atoms with E-state index in [4.69, 9.17) is 0 Å². The van der Waals surface area contributed by atoms with Gasteiger partial charge in [-0.3, -0.25) is 0 Å². The Kier molecular flexibility index (Phi) is 4.86. The van der Waals surface area contributed by atoms with Crippen molar-refractivity contribution in [3.8, 4) is 0 Å². The van der Waals surface area contributed by atoms with Gasteiger partial charge in [-0.05, 0) is 63.3 Å². The SMILES string of the molecule is CC(C)(C)c1ccc(N(C(C)(C)C)C(C)(C)c2ccccc2)cc1. The van der Waals surface area contributed by atoms with Crippen LogP contribution in [0.3, 0.4) is 0 Å². The molecule has 1 nitrogen and oxygen atoms in total. The third kappa shape index (κ3) is 3.83. The van der Waals surface area contributed by atoms with E-state index in [9.17, 15) is 0 Å². The van der Waals surface area contributed by atoms with Crippen molar-refractivity contribution in [1.29, 1.82) is 0 Å². The van der Waals surface area contributed by atoms with Crippen LogP contribution in [0.15, 0.2) is 54.6 Å². The van der Waals surface area contributed by atoms with Gasteiger partial charge < -0.3 is 4.90 Å². The zero-order valence-electron chi connectivity index (χ0n) is 16.6. The van der Waals surface area contributed by atoms with Crippen molar-refractivity contribution in [2.75, 3.05) is 4.90 Å². The number of anilines is 1. The normalized spacial score (nSPS) is 13.0. The van der Waals surface area contributed by atoms with Gasteiger partial charge in [-0.2, -0.15) is 0 Å². The van der Waals surface area contributed by atoms with Crippen LogP contribution in [0.1, 0.15) is 66.5 Å². The van der Waals surface area contributed by atoms with Crippen LogP contribution < -0.4 is 4.90 Å². The summed E-state index contributed by atoms with van der Waals surface area (Å²) in [5, 5.41) is 0. The molecule has 0 aliphatic heterocycles. The van der Waals surface area contributed by atoms with Gasteiger partial charge in [0.1, 0.15) is 0 Å². The second kappa shape index (κ2) is 6.27. The first-order valence-corrected chi connectivity index (χ1v) is 8.90. The van der Waals surface area contributed by atoms with Crippen molar-refractivity contribution in [2.24, 2.45) is 0 Å². The maximum atomic E-state index is 2.53. The van der Waals surface area contributed by atoms with E-state index in [1.54, 1.807) is 0 Å². The number of nitrogens with zero attached hydrogens (tertiary/aromatic N) is 1. The van der Waals surface area contributed by atoms with Crippen LogP contribution in [-0.2, 0) is 11.0 Å². The Labute approximate surface area is 148 Å². The molecule has 1 heteroatoms. The van der Waals surface area contributed by atoms with Gasteiger partial charge in [0.15, 0.2) is 0 Å². The fourth-order valence-electron chi connectivity index (χ4n) is 3.63. The van der Waals surface area contributed by atoms with Crippen LogP contribution in [0, 0.1) is 0 Å². The van der Waals surface area contributed by atoms with E-state index in [0.29, 0.717) is 0 Å². The molecule has 0 aromatic heterocycles. The molecule has 2 rings (SSSR count). The summed E-state index contributed by atoms with van der Waals surface area (Å²) in [7, 11) is 0. The monoisotopic (exact) mass is 323 g/mol. The Morgan fingerprint density at radius 2 is 1.08 bits per heavy atom. The fourth-order valence-corrected chi connectivity index (χ4v) is 3.63. The minimum atomic E-state index is -0.0945. The molecule has 24 heavy (non-hydrogen) atoms. The van der Waals surface area contributed by atoms with Gasteiger partial charge in [0.2, 0.25) is 0 Å². The molecule has 0 heterocycles. The standard InChI is InChI=1S/C23H33N/c1-21(2,3)18-14-16-20(17-15-18)24(22(4,5)6)23(7,8)19-12-10-9-11-13-19/h9-17H,1-8H3. The lowest BCUT2D eigenvalue weighted by atomic mass is 9.85. The Bertz CT molecular complexity index is 652. The summed E-state index contributed by atoms with van der Waals surface area (Å²) in [4.78, 5) is 2.53. The second-order valence-corrected chi connectivity index (χ2v) is 9.23. The molecule has 0 atom stereocenters. The van der Waals surface area contributed by atoms with Crippen molar-refractivity contribution in [1.82, 2.24) is 0 Å². The Morgan fingerprint density at radius 1 is 0.583 bits per heavy atom. The molecule has 0 aliphatic rings. The Morgan fingerprint density at radius 3 is 1.50 bits per heavy atom. The van der Waals surface area contributed by atoms with E-state index >= 15 is 0 Å². The molecule has 0 amide bonds. The van der Waals surface area contributed by atoms with E-state index in [1.165, 1.54) is 16.8 Å². The molecular weight excluding hydrogens is 290 g/mol. The van der Waals surface area contributed by atoms with Gasteiger partial charge in [0, 0.05) is 11.2 Å². The van der Waals surface area contributed by atoms with E-state index in [1.807, 2.05) is 0 Å². The first-order chi connectivity index (χ1) is 10.9. The fraction of sp³-hybridized carbons (Fsp3) is 0.478. The molecule has 0 bridgehead atoms. The van der Waals surface area contributed by atoms with Gasteiger partial charge in [-0.1, -0.05) is 63.2 Å². The van der Waals surface area contributed by atoms with Gasteiger partial charge in [-0.25, -0.2) is 0 Å². The molecule has 0 saturated heterocycles. The van der Waals surface area contributed by atoms with Crippen molar-refractivity contribution in [3.63, 3.8) is 0 Å². The topological polar surface area (TPSA) is 3.24 Å². The van der Waals surface area contributed by atoms with Gasteiger partial charge >= 0.3 is 0 Å². The third-order valence-corrected chi connectivity index (χ3v) is 4.70. The highest BCUT2D eigenvalue weighted by atomic mass is 15.2. The smallest absolute Gasteiger partial charge is 0.0602 e. The predicted molar refractivity (Wildman–Crippen MR) is 107 cm³/mol. The van der Waals surface area contributed by atoms with E-state index in [0.717, 1.165) is 0 Å². The largest absolute Gasteiger partial charge is 0.358 e. The summed E-state index contributed by atoms with van der Waals surface area (Å²) in [5.74, 6) is 0. The molecule has 2 aromatic rings. The molecule has 0 N–H and O–H groups in total. The number of benzene rings is 2. The maximum absolute atomic E-state index is 2.53. The highest BCUT2D eigenvalue weighted by molar-refractivity contribution is 5.54. The minimum Gasteiger partial charge on any atom is -0.358 e. The average molecular weight is 324 g/mol. The van der Waals surface area contributed by atoms with Crippen LogP contribution in [0.5, 0.6) is 0 Å². The highest BCUT2D eigenvalue weighted by Crippen LogP contribution is 2.39. The number of hydrogen-bond donors (Lipinski definition) is 0. The minimum absolute atomic E-state index is 0.0165. The van der Waals surface area contributed by atoms with E-state index < -0.39 is 0 Å². The highest BCUT2D eigenvalue weighted by Gasteiger charge is 2.36. The Balaban J connectivity index is 2.51. The quantitative estimate of drug-likeness (QED) is 0.621. The van der Waals surface area contributed by atoms with Gasteiger partial charge in [0.05, 0.1) is 5.54 Å². The molecule has 0 fully saturated rings. The maximum Gasteiger partial charge on any atom is 0.0602 e. The van der Waals surface area contributed by atoms with Crippen LogP contribution in [0.2, 0.25) is 0 Å². The summed E-state index contributed by atoms with van der Waals surface area (Å²) in [6, 6.07) is 19.9. The molecule has 0 saturated carbocycles. The first kappa shape index (κ1) is 18.6. The predicted octanol–water partition coefficient (Wildman–Crippen LogP) is 6.52. The van der Waals surface area contributed by atoms with E-state index in [-0.39, 0.29) is 16.5 Å². The lowest BCUT2D eigenvalue weighted by molar-refractivity contribution is 0.365. The van der Waals surface area contributed by atoms with Crippen LogP contribution in [0.4, 0.5) is 5.69 Å². The van der Waals surface area contributed by atoms with Crippen LogP contribution in [-0.4, -0.2) is 5.54 Å². The first-order valence-electron chi connectivity index (χ1n) is 8.90. The summed E-state index contributed by atoms with van der Waals surface area (Å²) in [6.45, 7) is 18.3. The molecule has 0 unspecified atom stereocenters. The van der Waals surface area contributed by atoms with Crippen molar-refractivity contribution < 1.29 is 0 Å². The summed E-state index contributed by atoms with van der Waals surface area (Å²) < 4.78 is 0. The molecule has 0 spiro atoms. The third-order valence-electron chi connectivity index (χ3n) is 4.70. The second-order valence-electron chi connectivity index (χ2n) is 9.23. The lowest BCUT2D eigenvalue weighted by Crippen LogP contribution is -2.52. The summed E-state index contributed by atoms with van der Waals surface area (Å²) >= 11 is 0. The lowest BCUT2D eigenvalue weighted by Gasteiger charge is -2.49. The van der Waals surface area contributed by atoms with Crippen molar-refractivity contribution in [2.45, 2.75) is 71.9 Å². The summed E-state index contributed by atoms with van der Waals surface area (Å²) in [6.07, 6.45) is 0. The molecule has 0 radical (unpaired) electrons. The molecule has 2 aromatic carbocycles. The molecule has 0 aliphatic carbocycles. The van der Waals surface area contributed by atoms with Crippen LogP contribution in [0.25, 0.3) is 0 Å². The van der Waals surface area contributed by atoms with E-state index in [2.05, 4.69) is 115 Å². The number of hydrogen-bond acceptors (Lipinski definition) is 1. The van der Waals surface area contributed by atoms with Crippen molar-refractivity contribution >= 4 is 5.69 Å². The molecular formula is C23H33N. The average Bonchev–Trinajstić information content (AvgIpc) is 2.46. The number of rotatable bonds is 3. The molecule has 130 valence electrons. The summed E-state index contributed by atoms with van der Waals surface area (Å²) in [5.41, 5.74) is 4.08. The zero-order valence-corrected chi connectivity index (χ0v) is 16.6. The van der Waals surface area contributed by atoms with Crippen LogP contribution >= 0.6 is 0 Å². The van der Waals surface area contributed by atoms with Gasteiger partial charge in [-0.15, -0.1) is 0 Å². The van der Waals surface area contributed by atoms with Gasteiger partial charge in [0.25, 0.3) is 0 Å².